The minimum atomic E-state index is -0.493. The number of nitrogens with zero attached hydrogens (tertiary/aromatic N) is 5. The molecule has 1 saturated heterocycles. The molecule has 0 saturated carbocycles. The molecule has 4 rings (SSSR count). The molecule has 0 aliphatic carbocycles. The lowest BCUT2D eigenvalue weighted by atomic mass is 10.1. The number of carbonyl (C=O) groups excluding carboxylic acids is 2. The zero-order valence-electron chi connectivity index (χ0n) is 14.9. The number of hydrogen-bond donors (Lipinski definition) is 1. The Labute approximate surface area is 160 Å². The Kier molecular flexibility index (Phi) is 4.53. The molecule has 3 aromatic heterocycles. The molecule has 0 aromatic carbocycles. The van der Waals surface area contributed by atoms with E-state index in [2.05, 4.69) is 20.4 Å². The molecule has 0 unspecified atom stereocenters. The summed E-state index contributed by atoms with van der Waals surface area (Å²) in [5.74, 6) is 0.942. The zero-order chi connectivity index (χ0) is 19.0. The van der Waals surface area contributed by atoms with Crippen molar-refractivity contribution in [3.8, 4) is 11.1 Å². The van der Waals surface area contributed by atoms with Crippen molar-refractivity contribution in [3.05, 3.63) is 42.4 Å². The van der Waals surface area contributed by atoms with Crippen molar-refractivity contribution in [2.24, 2.45) is 0 Å². The first kappa shape index (κ1) is 17.5. The van der Waals surface area contributed by atoms with Crippen LogP contribution in [0.3, 0.4) is 0 Å². The van der Waals surface area contributed by atoms with Crippen molar-refractivity contribution in [3.63, 3.8) is 0 Å². The third-order valence-electron chi connectivity index (χ3n) is 4.51. The van der Waals surface area contributed by atoms with Gasteiger partial charge in [0.2, 0.25) is 17.8 Å². The highest BCUT2D eigenvalue weighted by atomic mass is 32.2. The fourth-order valence-electron chi connectivity index (χ4n) is 3.03. The number of rotatable bonds is 3. The van der Waals surface area contributed by atoms with Crippen LogP contribution in [-0.2, 0) is 9.59 Å². The molecule has 3 aromatic rings. The third kappa shape index (κ3) is 3.37. The minimum absolute atomic E-state index is 0.111. The van der Waals surface area contributed by atoms with Gasteiger partial charge in [0.25, 0.3) is 0 Å². The van der Waals surface area contributed by atoms with E-state index in [1.54, 1.807) is 27.4 Å². The Morgan fingerprint density at radius 2 is 2.15 bits per heavy atom. The van der Waals surface area contributed by atoms with Crippen molar-refractivity contribution in [2.45, 2.75) is 19.9 Å². The normalized spacial score (nSPS) is 16.7. The van der Waals surface area contributed by atoms with Gasteiger partial charge in [-0.2, -0.15) is 4.98 Å². The molecule has 138 valence electrons. The van der Waals surface area contributed by atoms with Gasteiger partial charge in [-0.25, -0.2) is 4.52 Å². The molecule has 9 heteroatoms. The quantitative estimate of drug-likeness (QED) is 0.744. The number of amides is 2. The maximum Gasteiger partial charge on any atom is 0.250 e. The van der Waals surface area contributed by atoms with E-state index in [1.165, 1.54) is 6.92 Å². The number of carbonyl (C=O) groups is 2. The molecule has 1 aliphatic rings. The van der Waals surface area contributed by atoms with E-state index in [4.69, 9.17) is 0 Å². The fraction of sp³-hybridized carbons (Fsp3) is 0.278. The number of fused-ring (bicyclic) bond motifs is 1. The highest BCUT2D eigenvalue weighted by molar-refractivity contribution is 7.99. The molecule has 27 heavy (non-hydrogen) atoms. The van der Waals surface area contributed by atoms with Crippen molar-refractivity contribution >= 4 is 35.2 Å². The summed E-state index contributed by atoms with van der Waals surface area (Å²) in [5, 5.41) is 7.08. The van der Waals surface area contributed by atoms with Crippen LogP contribution in [0, 0.1) is 6.92 Å². The van der Waals surface area contributed by atoms with E-state index in [0.717, 1.165) is 16.7 Å². The van der Waals surface area contributed by atoms with E-state index >= 15 is 0 Å². The summed E-state index contributed by atoms with van der Waals surface area (Å²) in [6, 6.07) is 5.25. The molecule has 2 amide bonds. The highest BCUT2D eigenvalue weighted by Gasteiger charge is 2.33. The van der Waals surface area contributed by atoms with Crippen LogP contribution in [-0.4, -0.2) is 54.0 Å². The molecule has 0 radical (unpaired) electrons. The lowest BCUT2D eigenvalue weighted by molar-refractivity contribution is -0.134. The molecule has 1 fully saturated rings. The SMILES string of the molecule is CC(=O)N1CSC[C@H]1C(=O)Nc1nc2ccc(-c3cnccc3C)cn2n1. The second-order valence-corrected chi connectivity index (χ2v) is 7.34. The molecule has 4 heterocycles. The summed E-state index contributed by atoms with van der Waals surface area (Å²) in [6.45, 7) is 3.49. The lowest BCUT2D eigenvalue weighted by Crippen LogP contribution is -2.43. The van der Waals surface area contributed by atoms with Gasteiger partial charge in [-0.1, -0.05) is 0 Å². The van der Waals surface area contributed by atoms with E-state index in [-0.39, 0.29) is 17.8 Å². The predicted octanol–water partition coefficient (Wildman–Crippen LogP) is 1.96. The Morgan fingerprint density at radius 3 is 2.93 bits per heavy atom. The average molecular weight is 382 g/mol. The van der Waals surface area contributed by atoms with Gasteiger partial charge in [0, 0.05) is 42.4 Å². The van der Waals surface area contributed by atoms with Crippen molar-refractivity contribution in [2.75, 3.05) is 16.9 Å². The van der Waals surface area contributed by atoms with Crippen LogP contribution < -0.4 is 5.32 Å². The first-order valence-electron chi connectivity index (χ1n) is 8.46. The molecule has 1 atom stereocenters. The smallest absolute Gasteiger partial charge is 0.250 e. The van der Waals surface area contributed by atoms with Crippen LogP contribution in [0.5, 0.6) is 0 Å². The molecular formula is C18H18N6O2S. The maximum atomic E-state index is 12.5. The van der Waals surface area contributed by atoms with E-state index in [9.17, 15) is 9.59 Å². The Morgan fingerprint density at radius 1 is 1.30 bits per heavy atom. The number of nitrogens with one attached hydrogen (secondary N) is 1. The number of anilines is 1. The summed E-state index contributed by atoms with van der Waals surface area (Å²) < 4.78 is 1.63. The second kappa shape index (κ2) is 6.99. The lowest BCUT2D eigenvalue weighted by Gasteiger charge is -2.20. The van der Waals surface area contributed by atoms with Crippen LogP contribution in [0.25, 0.3) is 16.8 Å². The molecule has 1 aliphatic heterocycles. The van der Waals surface area contributed by atoms with Gasteiger partial charge in [0.05, 0.1) is 5.88 Å². The molecular weight excluding hydrogens is 364 g/mol. The van der Waals surface area contributed by atoms with Crippen LogP contribution in [0.1, 0.15) is 12.5 Å². The van der Waals surface area contributed by atoms with Gasteiger partial charge in [-0.3, -0.25) is 19.9 Å². The first-order valence-corrected chi connectivity index (χ1v) is 9.61. The second-order valence-electron chi connectivity index (χ2n) is 6.34. The van der Waals surface area contributed by atoms with E-state index in [0.29, 0.717) is 17.3 Å². The first-order chi connectivity index (χ1) is 13.0. The van der Waals surface area contributed by atoms with Gasteiger partial charge in [0.1, 0.15) is 6.04 Å². The van der Waals surface area contributed by atoms with E-state index < -0.39 is 6.04 Å². The Hall–Kier alpha value is -2.94. The van der Waals surface area contributed by atoms with Crippen molar-refractivity contribution in [1.29, 1.82) is 0 Å². The summed E-state index contributed by atoms with van der Waals surface area (Å²) in [5.41, 5.74) is 3.72. The van der Waals surface area contributed by atoms with Gasteiger partial charge >= 0.3 is 0 Å². The molecule has 8 nitrogen and oxygen atoms in total. The van der Waals surface area contributed by atoms with Crippen LogP contribution >= 0.6 is 11.8 Å². The standard InChI is InChI=1S/C18H18N6O2S/c1-11-5-6-19-7-14(11)13-3-4-16-20-18(22-24(16)8-13)21-17(26)15-9-27-10-23(15)12(2)25/h3-8,15H,9-10H2,1-2H3,(H,21,22,26)/t15-/m0/s1. The summed E-state index contributed by atoms with van der Waals surface area (Å²) in [4.78, 5) is 34.2. The minimum Gasteiger partial charge on any atom is -0.321 e. The van der Waals surface area contributed by atoms with Crippen LogP contribution in [0.2, 0.25) is 0 Å². The Balaban J connectivity index is 1.58. The van der Waals surface area contributed by atoms with Crippen LogP contribution in [0.15, 0.2) is 36.8 Å². The molecule has 1 N–H and O–H groups in total. The summed E-state index contributed by atoms with van der Waals surface area (Å²) in [6.07, 6.45) is 5.42. The van der Waals surface area contributed by atoms with Crippen molar-refractivity contribution < 1.29 is 9.59 Å². The largest absolute Gasteiger partial charge is 0.321 e. The number of thioether (sulfide) groups is 1. The van der Waals surface area contributed by atoms with Gasteiger partial charge in [0.15, 0.2) is 5.65 Å². The molecule has 0 bridgehead atoms. The summed E-state index contributed by atoms with van der Waals surface area (Å²) >= 11 is 1.56. The predicted molar refractivity (Wildman–Crippen MR) is 103 cm³/mol. The van der Waals surface area contributed by atoms with Crippen LogP contribution in [0.4, 0.5) is 5.95 Å². The average Bonchev–Trinajstić information content (AvgIpc) is 3.28. The Bertz CT molecular complexity index is 1030. The maximum absolute atomic E-state index is 12.5. The highest BCUT2D eigenvalue weighted by Crippen LogP contribution is 2.24. The van der Waals surface area contributed by atoms with Crippen molar-refractivity contribution in [1.82, 2.24) is 24.5 Å². The van der Waals surface area contributed by atoms with Gasteiger partial charge in [-0.05, 0) is 30.7 Å². The van der Waals surface area contributed by atoms with E-state index in [1.807, 2.05) is 37.5 Å². The van der Waals surface area contributed by atoms with Gasteiger partial charge in [-0.15, -0.1) is 16.9 Å². The monoisotopic (exact) mass is 382 g/mol. The number of hydrogen-bond acceptors (Lipinski definition) is 6. The number of aromatic nitrogens is 4. The number of aryl methyl sites for hydroxylation is 1. The topological polar surface area (TPSA) is 92.5 Å². The zero-order valence-corrected chi connectivity index (χ0v) is 15.7. The third-order valence-corrected chi connectivity index (χ3v) is 5.52. The van der Waals surface area contributed by atoms with Gasteiger partial charge < -0.3 is 4.90 Å². The summed E-state index contributed by atoms with van der Waals surface area (Å²) in [7, 11) is 0. The molecule has 0 spiro atoms. The fourth-order valence-corrected chi connectivity index (χ4v) is 4.24. The number of pyridine rings is 2.